The highest BCUT2D eigenvalue weighted by atomic mass is 35.5. The number of anilines is 1. The Balaban J connectivity index is 0.00000103. The van der Waals surface area contributed by atoms with Crippen LogP contribution in [-0.2, 0) is 4.74 Å². The number of carbonyl (C=O) groups is 1. The lowest BCUT2D eigenvalue weighted by atomic mass is 10.0. The number of piperazine rings is 1. The molecule has 10 nitrogen and oxygen atoms in total. The Hall–Kier alpha value is -4.34. The van der Waals surface area contributed by atoms with Gasteiger partial charge in [-0.2, -0.15) is 15.2 Å². The number of likely N-dealkylation sites (tertiary alicyclic amines) is 1. The van der Waals surface area contributed by atoms with Crippen molar-refractivity contribution in [2.24, 2.45) is 0 Å². The van der Waals surface area contributed by atoms with E-state index in [0.29, 0.717) is 60.3 Å². The lowest BCUT2D eigenvalue weighted by molar-refractivity contribution is 0.0240. The number of halogens is 3. The molecule has 1 atom stereocenters. The smallest absolute Gasteiger partial charge is 0.410 e. The van der Waals surface area contributed by atoms with Crippen LogP contribution in [0, 0.1) is 23.0 Å². The van der Waals surface area contributed by atoms with Crippen molar-refractivity contribution in [3.63, 3.8) is 0 Å². The molecule has 2 aromatic heterocycles. The second-order valence-electron chi connectivity index (χ2n) is 12.3. The molecule has 6 rings (SSSR count). The molecule has 2 aliphatic rings. The Morgan fingerprint density at radius 2 is 1.78 bits per heavy atom. The molecule has 0 saturated carbocycles. The second kappa shape index (κ2) is 16.4. The van der Waals surface area contributed by atoms with E-state index in [-0.39, 0.29) is 34.4 Å². The fourth-order valence-corrected chi connectivity index (χ4v) is 5.99. The van der Waals surface area contributed by atoms with E-state index in [1.807, 2.05) is 39.5 Å². The lowest BCUT2D eigenvalue weighted by Gasteiger charge is -2.39. The first-order valence-corrected chi connectivity index (χ1v) is 17.0. The number of ether oxygens (including phenoxy) is 2. The minimum atomic E-state index is -0.685. The summed E-state index contributed by atoms with van der Waals surface area (Å²) < 4.78 is 42.6. The Bertz CT molecular complexity index is 1820. The molecular formula is C36H44ClF2N7O3. The molecule has 13 heteroatoms. The lowest BCUT2D eigenvalue weighted by Crippen LogP contribution is -2.50. The third-order valence-electron chi connectivity index (χ3n) is 8.14. The Morgan fingerprint density at radius 3 is 2.39 bits per heavy atom. The van der Waals surface area contributed by atoms with Crippen LogP contribution in [0.3, 0.4) is 0 Å². The van der Waals surface area contributed by atoms with Crippen LogP contribution in [0.25, 0.3) is 32.9 Å². The first-order chi connectivity index (χ1) is 23.4. The van der Waals surface area contributed by atoms with E-state index in [1.165, 1.54) is 19.2 Å². The predicted octanol–water partition coefficient (Wildman–Crippen LogP) is 7.86. The zero-order valence-electron chi connectivity index (χ0n) is 29.2. The third-order valence-corrected chi connectivity index (χ3v) is 8.51. The van der Waals surface area contributed by atoms with Gasteiger partial charge in [-0.05, 0) is 45.2 Å². The van der Waals surface area contributed by atoms with Gasteiger partial charge in [0.1, 0.15) is 35.1 Å². The molecule has 262 valence electrons. The normalized spacial score (nSPS) is 16.1. The second-order valence-corrected chi connectivity index (χ2v) is 12.7. The van der Waals surface area contributed by atoms with Crippen LogP contribution in [0.15, 0.2) is 36.5 Å². The molecule has 1 amide bonds. The molecule has 0 bridgehead atoms. The van der Waals surface area contributed by atoms with E-state index in [4.69, 9.17) is 31.3 Å². The van der Waals surface area contributed by atoms with Gasteiger partial charge in [0.25, 0.3) is 0 Å². The van der Waals surface area contributed by atoms with E-state index in [2.05, 4.69) is 21.8 Å². The number of nitrogens with zero attached hydrogens (tertiary/aromatic N) is 7. The van der Waals surface area contributed by atoms with Crippen LogP contribution in [0.1, 0.15) is 54.9 Å². The highest BCUT2D eigenvalue weighted by Gasteiger charge is 2.30. The fraction of sp³-hybridized carbons (Fsp3) is 0.472. The van der Waals surface area contributed by atoms with Gasteiger partial charge in [0.05, 0.1) is 16.5 Å². The van der Waals surface area contributed by atoms with Crippen molar-refractivity contribution in [3.05, 3.63) is 53.2 Å². The number of amides is 1. The molecule has 2 aliphatic heterocycles. The SMILES string of the molecule is CC.CC#N.CCN1CCC1COc1nc(N2CCN(C(=O)OC(C)(C)C)CC2)c2cnc(-c3cccc4ccc(F)c(Cl)c34)c(F)c2n1. The molecule has 0 N–H and O–H groups in total. The average molecular weight is 696 g/mol. The first kappa shape index (κ1) is 37.5. The highest BCUT2D eigenvalue weighted by Crippen LogP contribution is 2.38. The number of likely N-dealkylation sites (N-methyl/N-ethyl adjacent to an activating group) is 1. The van der Waals surface area contributed by atoms with Crippen molar-refractivity contribution in [2.75, 3.05) is 50.8 Å². The number of hydrogen-bond acceptors (Lipinski definition) is 9. The van der Waals surface area contributed by atoms with Crippen LogP contribution in [-0.4, -0.2) is 88.4 Å². The van der Waals surface area contributed by atoms with E-state index in [1.54, 1.807) is 35.2 Å². The Kier molecular flexibility index (Phi) is 12.5. The van der Waals surface area contributed by atoms with Crippen LogP contribution >= 0.6 is 11.6 Å². The topological polar surface area (TPSA) is 108 Å². The van der Waals surface area contributed by atoms with Gasteiger partial charge >= 0.3 is 12.1 Å². The summed E-state index contributed by atoms with van der Waals surface area (Å²) in [5.74, 6) is -0.819. The summed E-state index contributed by atoms with van der Waals surface area (Å²) in [5.41, 5.74) is -0.210. The van der Waals surface area contributed by atoms with Crippen molar-refractivity contribution in [1.29, 1.82) is 5.26 Å². The molecule has 1 unspecified atom stereocenters. The summed E-state index contributed by atoms with van der Waals surface area (Å²) in [5, 5.41) is 8.65. The third kappa shape index (κ3) is 8.46. The summed E-state index contributed by atoms with van der Waals surface area (Å²) in [6.07, 6.45) is 2.16. The van der Waals surface area contributed by atoms with Gasteiger partial charge in [0, 0.05) is 62.8 Å². The largest absolute Gasteiger partial charge is 0.462 e. The number of fused-ring (bicyclic) bond motifs is 2. The van der Waals surface area contributed by atoms with Gasteiger partial charge in [-0.25, -0.2) is 13.6 Å². The van der Waals surface area contributed by atoms with Crippen molar-refractivity contribution in [1.82, 2.24) is 24.8 Å². The Morgan fingerprint density at radius 1 is 1.08 bits per heavy atom. The number of pyridine rings is 1. The molecule has 2 fully saturated rings. The number of aromatic nitrogens is 3. The monoisotopic (exact) mass is 695 g/mol. The van der Waals surface area contributed by atoms with Gasteiger partial charge in [0.2, 0.25) is 0 Å². The number of nitriles is 1. The summed E-state index contributed by atoms with van der Waals surface area (Å²) in [7, 11) is 0. The zero-order valence-corrected chi connectivity index (χ0v) is 29.9. The van der Waals surface area contributed by atoms with Crippen molar-refractivity contribution >= 4 is 45.2 Å². The van der Waals surface area contributed by atoms with E-state index >= 15 is 4.39 Å². The van der Waals surface area contributed by atoms with Crippen LogP contribution in [0.2, 0.25) is 5.02 Å². The van der Waals surface area contributed by atoms with Gasteiger partial charge in [-0.1, -0.05) is 56.6 Å². The summed E-state index contributed by atoms with van der Waals surface area (Å²) in [6, 6.07) is 10.1. The average Bonchev–Trinajstić information content (AvgIpc) is 3.07. The minimum absolute atomic E-state index is 0.00269. The molecule has 0 spiro atoms. The predicted molar refractivity (Wildman–Crippen MR) is 189 cm³/mol. The molecule has 0 aliphatic carbocycles. The molecule has 4 aromatic rings. The Labute approximate surface area is 291 Å². The van der Waals surface area contributed by atoms with Gasteiger partial charge < -0.3 is 19.3 Å². The van der Waals surface area contributed by atoms with Crippen molar-refractivity contribution in [3.8, 4) is 23.3 Å². The molecule has 0 radical (unpaired) electrons. The maximum atomic E-state index is 16.5. The van der Waals surface area contributed by atoms with Gasteiger partial charge in [-0.3, -0.25) is 9.88 Å². The van der Waals surface area contributed by atoms with E-state index in [0.717, 1.165) is 19.5 Å². The molecule has 2 saturated heterocycles. The number of rotatable bonds is 6. The van der Waals surface area contributed by atoms with E-state index in [9.17, 15) is 9.18 Å². The standard InChI is InChI=1S/C32H35ClF2N6O3.C2H3N.C2H6/c1-5-39-12-11-20(39)18-43-30-37-28-22(29(38-30)40-13-15-41(16-14-40)31(42)44-32(2,3)4)17-36-27(26(28)35)21-8-6-7-19-9-10-23(34)25(33)24(19)21;1-2-3;1-2/h6-10,17,20H,5,11-16,18H2,1-4H3;1H3;1-2H3. The first-order valence-electron chi connectivity index (χ1n) is 16.6. The fourth-order valence-electron chi connectivity index (χ4n) is 5.72. The number of carbonyl (C=O) groups excluding carboxylic acids is 1. The molecule has 2 aromatic carbocycles. The molecule has 49 heavy (non-hydrogen) atoms. The maximum Gasteiger partial charge on any atom is 0.410 e. The molecule has 4 heterocycles. The summed E-state index contributed by atoms with van der Waals surface area (Å²) >= 11 is 6.37. The molecular weight excluding hydrogens is 652 g/mol. The van der Waals surface area contributed by atoms with Crippen LogP contribution < -0.4 is 9.64 Å². The maximum absolute atomic E-state index is 16.5. The highest BCUT2D eigenvalue weighted by molar-refractivity contribution is 6.36. The number of benzene rings is 2. The van der Waals surface area contributed by atoms with Gasteiger partial charge in [-0.15, -0.1) is 0 Å². The summed E-state index contributed by atoms with van der Waals surface area (Å²) in [6.45, 7) is 17.0. The zero-order chi connectivity index (χ0) is 35.9. The van der Waals surface area contributed by atoms with E-state index < -0.39 is 17.2 Å². The quantitative estimate of drug-likeness (QED) is 0.199. The van der Waals surface area contributed by atoms with Gasteiger partial charge in [0.15, 0.2) is 5.82 Å². The summed E-state index contributed by atoms with van der Waals surface area (Å²) in [4.78, 5) is 32.3. The van der Waals surface area contributed by atoms with Crippen LogP contribution in [0.4, 0.5) is 19.4 Å². The van der Waals surface area contributed by atoms with Crippen molar-refractivity contribution < 1.29 is 23.0 Å². The van der Waals surface area contributed by atoms with Crippen LogP contribution in [0.5, 0.6) is 6.01 Å². The minimum Gasteiger partial charge on any atom is -0.462 e. The number of hydrogen-bond donors (Lipinski definition) is 0. The van der Waals surface area contributed by atoms with Crippen molar-refractivity contribution in [2.45, 2.75) is 66.5 Å².